The molecule has 1 aliphatic rings. The molecule has 0 radical (unpaired) electrons. The molecule has 3 aromatic rings. The smallest absolute Gasteiger partial charge is 0.409 e. The molecule has 1 atom stereocenters. The van der Waals surface area contributed by atoms with E-state index in [0.29, 0.717) is 37.9 Å². The van der Waals surface area contributed by atoms with Gasteiger partial charge in [0.25, 0.3) is 0 Å². The Morgan fingerprint density at radius 1 is 1.14 bits per heavy atom. The number of ether oxygens (including phenoxy) is 2. The summed E-state index contributed by atoms with van der Waals surface area (Å²) in [6, 6.07) is 9.21. The van der Waals surface area contributed by atoms with E-state index in [0.717, 1.165) is 17.0 Å². The molecule has 4 rings (SSSR count). The molecular weight excluding hydrogens is 474 g/mol. The van der Waals surface area contributed by atoms with E-state index >= 15 is 0 Å². The maximum Gasteiger partial charge on any atom is 0.409 e. The average Bonchev–Trinajstić information content (AvgIpc) is 3.46. The minimum absolute atomic E-state index is 0.120. The summed E-state index contributed by atoms with van der Waals surface area (Å²) in [6.07, 6.45) is 4.90. The van der Waals surface area contributed by atoms with Crippen molar-refractivity contribution < 1.29 is 19.1 Å². The Morgan fingerprint density at radius 2 is 1.92 bits per heavy atom. The summed E-state index contributed by atoms with van der Waals surface area (Å²) in [5, 5.41) is 2.99. The number of anilines is 1. The molecule has 0 spiro atoms. The van der Waals surface area contributed by atoms with Gasteiger partial charge in [-0.05, 0) is 23.6 Å². The molecule has 3 heterocycles. The fourth-order valence-corrected chi connectivity index (χ4v) is 4.23. The summed E-state index contributed by atoms with van der Waals surface area (Å²) in [5.74, 6) is 2.03. The quantitative estimate of drug-likeness (QED) is 0.495. The highest BCUT2D eigenvalue weighted by Gasteiger charge is 2.33. The van der Waals surface area contributed by atoms with Gasteiger partial charge in [-0.15, -0.1) is 0 Å². The maximum atomic E-state index is 13.0. The monoisotopic (exact) mass is 507 g/mol. The third-order valence-corrected chi connectivity index (χ3v) is 6.33. The zero-order valence-corrected chi connectivity index (χ0v) is 21.6. The first-order valence-corrected chi connectivity index (χ1v) is 12.2. The Hall–Kier alpha value is -4.15. The van der Waals surface area contributed by atoms with E-state index in [4.69, 9.17) is 19.4 Å². The molecule has 1 fully saturated rings. The highest BCUT2D eigenvalue weighted by molar-refractivity contribution is 5.77. The van der Waals surface area contributed by atoms with E-state index in [2.05, 4.69) is 29.0 Å². The van der Waals surface area contributed by atoms with Crippen molar-refractivity contribution in [1.82, 2.24) is 29.7 Å². The topological polar surface area (TPSA) is 115 Å². The summed E-state index contributed by atoms with van der Waals surface area (Å²) in [4.78, 5) is 42.6. The third kappa shape index (κ3) is 6.35. The van der Waals surface area contributed by atoms with Gasteiger partial charge in [0.1, 0.15) is 17.9 Å². The van der Waals surface area contributed by atoms with Crippen LogP contribution in [0.3, 0.4) is 0 Å². The van der Waals surface area contributed by atoms with Gasteiger partial charge in [0.2, 0.25) is 11.9 Å². The van der Waals surface area contributed by atoms with Crippen LogP contribution in [0.2, 0.25) is 0 Å². The lowest BCUT2D eigenvalue weighted by Crippen LogP contribution is -2.56. The van der Waals surface area contributed by atoms with Crippen LogP contribution in [0.25, 0.3) is 5.95 Å². The highest BCUT2D eigenvalue weighted by atomic mass is 16.5. The molecule has 0 aliphatic carbocycles. The average molecular weight is 508 g/mol. The number of nitrogens with one attached hydrogen (secondary N) is 1. The number of nitrogens with zero attached hydrogens (tertiary/aromatic N) is 6. The highest BCUT2D eigenvalue weighted by Crippen LogP contribution is 2.25. The lowest BCUT2D eigenvalue weighted by molar-refractivity contribution is -0.121. The molecule has 11 nitrogen and oxygen atoms in total. The molecule has 1 unspecified atom stereocenters. The van der Waals surface area contributed by atoms with Gasteiger partial charge in [-0.25, -0.2) is 14.8 Å². The minimum atomic E-state index is -0.409. The van der Waals surface area contributed by atoms with Crippen LogP contribution in [0.15, 0.2) is 49.1 Å². The van der Waals surface area contributed by atoms with Crippen molar-refractivity contribution >= 4 is 17.8 Å². The van der Waals surface area contributed by atoms with Crippen molar-refractivity contribution in [3.05, 3.63) is 60.3 Å². The predicted octanol–water partition coefficient (Wildman–Crippen LogP) is 2.76. The van der Waals surface area contributed by atoms with Crippen LogP contribution in [0.5, 0.6) is 5.75 Å². The van der Waals surface area contributed by atoms with E-state index in [1.807, 2.05) is 30.3 Å². The van der Waals surface area contributed by atoms with Crippen molar-refractivity contribution in [2.75, 3.05) is 38.8 Å². The maximum absolute atomic E-state index is 13.0. The first-order valence-electron chi connectivity index (χ1n) is 12.2. The third-order valence-electron chi connectivity index (χ3n) is 6.33. The number of amides is 2. The molecule has 11 heteroatoms. The molecule has 1 aliphatic heterocycles. The van der Waals surface area contributed by atoms with Crippen molar-refractivity contribution in [1.29, 1.82) is 0 Å². The molecule has 37 heavy (non-hydrogen) atoms. The number of hydrogen-bond acceptors (Lipinski definition) is 8. The zero-order chi connectivity index (χ0) is 26.4. The molecule has 1 aromatic carbocycles. The van der Waals surface area contributed by atoms with E-state index in [1.165, 1.54) is 7.11 Å². The second-order valence-corrected chi connectivity index (χ2v) is 9.17. The molecule has 0 saturated carbocycles. The van der Waals surface area contributed by atoms with E-state index < -0.39 is 6.09 Å². The van der Waals surface area contributed by atoms with Gasteiger partial charge in [-0.3, -0.25) is 9.36 Å². The molecule has 1 N–H and O–H groups in total. The van der Waals surface area contributed by atoms with Crippen LogP contribution in [0.4, 0.5) is 10.6 Å². The number of benzene rings is 1. The van der Waals surface area contributed by atoms with Gasteiger partial charge in [0.15, 0.2) is 0 Å². The molecule has 2 aromatic heterocycles. The number of methoxy groups -OCH3 is 2. The normalized spacial score (nSPS) is 15.5. The van der Waals surface area contributed by atoms with Gasteiger partial charge < -0.3 is 24.6 Å². The van der Waals surface area contributed by atoms with Gasteiger partial charge in [0.05, 0.1) is 26.0 Å². The van der Waals surface area contributed by atoms with Gasteiger partial charge in [-0.2, -0.15) is 4.98 Å². The zero-order valence-electron chi connectivity index (χ0n) is 21.6. The van der Waals surface area contributed by atoms with Crippen LogP contribution < -0.4 is 15.0 Å². The predicted molar refractivity (Wildman–Crippen MR) is 138 cm³/mol. The van der Waals surface area contributed by atoms with Crippen molar-refractivity contribution in [2.24, 2.45) is 0 Å². The number of carbonyl (C=O) groups excluding carboxylic acids is 2. The fraction of sp³-hybridized carbons (Fsp3) is 0.423. The largest absolute Gasteiger partial charge is 0.497 e. The lowest BCUT2D eigenvalue weighted by atomic mass is 10.1. The first kappa shape index (κ1) is 25.9. The van der Waals surface area contributed by atoms with E-state index in [9.17, 15) is 9.59 Å². The van der Waals surface area contributed by atoms with Crippen molar-refractivity contribution in [3.8, 4) is 11.7 Å². The number of piperazine rings is 1. The Bertz CT molecular complexity index is 1200. The van der Waals surface area contributed by atoms with Crippen LogP contribution >= 0.6 is 0 Å². The molecule has 196 valence electrons. The standard InChI is InChI=1S/C26H33N7O4/c1-18(2)22-14-23(30-25(29-22)32-10-9-27-17-32)33-12-11-31(26(35)37-4)16-20(33)13-24(34)28-15-19-5-7-21(36-3)8-6-19/h5-10,14,17-18,20H,11-13,15-16H2,1-4H3,(H,28,34). The summed E-state index contributed by atoms with van der Waals surface area (Å²) in [7, 11) is 2.98. The number of imidazole rings is 1. The summed E-state index contributed by atoms with van der Waals surface area (Å²) in [6.45, 7) is 5.84. The Labute approximate surface area is 216 Å². The summed E-state index contributed by atoms with van der Waals surface area (Å²) in [5.41, 5.74) is 1.85. The summed E-state index contributed by atoms with van der Waals surface area (Å²) >= 11 is 0. The minimum Gasteiger partial charge on any atom is -0.497 e. The molecule has 2 amide bonds. The van der Waals surface area contributed by atoms with Crippen LogP contribution in [-0.2, 0) is 16.1 Å². The van der Waals surface area contributed by atoms with Crippen LogP contribution in [0, 0.1) is 0 Å². The van der Waals surface area contributed by atoms with Gasteiger partial charge in [0, 0.05) is 51.1 Å². The Balaban J connectivity index is 1.55. The Morgan fingerprint density at radius 3 is 2.57 bits per heavy atom. The number of rotatable bonds is 8. The van der Waals surface area contributed by atoms with Gasteiger partial charge in [-0.1, -0.05) is 26.0 Å². The van der Waals surface area contributed by atoms with Crippen molar-refractivity contribution in [2.45, 2.75) is 38.8 Å². The van der Waals surface area contributed by atoms with E-state index in [1.54, 1.807) is 35.3 Å². The second kappa shape index (κ2) is 11.7. The van der Waals surface area contributed by atoms with Gasteiger partial charge >= 0.3 is 6.09 Å². The number of aromatic nitrogens is 4. The summed E-state index contributed by atoms with van der Waals surface area (Å²) < 4.78 is 11.9. The molecular formula is C26H33N7O4. The SMILES string of the molecule is COC(=O)N1CCN(c2cc(C(C)C)nc(-n3ccnc3)n2)C(CC(=O)NCc2ccc(OC)cc2)C1. The molecule has 0 bridgehead atoms. The second-order valence-electron chi connectivity index (χ2n) is 9.17. The molecule has 1 saturated heterocycles. The van der Waals surface area contributed by atoms with Crippen LogP contribution in [-0.4, -0.2) is 76.3 Å². The van der Waals surface area contributed by atoms with Crippen molar-refractivity contribution in [3.63, 3.8) is 0 Å². The number of carbonyl (C=O) groups is 2. The fourth-order valence-electron chi connectivity index (χ4n) is 4.23. The lowest BCUT2D eigenvalue weighted by Gasteiger charge is -2.41. The van der Waals surface area contributed by atoms with E-state index in [-0.39, 0.29) is 24.3 Å². The van der Waals surface area contributed by atoms with Crippen LogP contribution in [0.1, 0.15) is 37.4 Å². The Kier molecular flexibility index (Phi) is 8.22. The number of hydrogen-bond donors (Lipinski definition) is 1. The first-order chi connectivity index (χ1) is 17.9.